The molecule has 0 saturated heterocycles. The fourth-order valence-electron chi connectivity index (χ4n) is 2.02. The smallest absolute Gasteiger partial charge is 0.310 e. The highest BCUT2D eigenvalue weighted by molar-refractivity contribution is 6.50. The monoisotopic (exact) mass is 316 g/mol. The van der Waals surface area contributed by atoms with Crippen LogP contribution in [-0.2, 0) is 4.65 Å². The first-order valence-electron chi connectivity index (χ1n) is 7.41. The van der Waals surface area contributed by atoms with Crippen LogP contribution in [0, 0.1) is 0 Å². The molecule has 0 fully saturated rings. The van der Waals surface area contributed by atoms with Gasteiger partial charge < -0.3 is 9.76 Å². The largest absolute Gasteiger partial charge is 0.427 e. The number of halogens is 1. The molecule has 4 heteroatoms. The maximum absolute atomic E-state index is 10.2. The molecule has 0 bridgehead atoms. The van der Waals surface area contributed by atoms with E-state index in [0.29, 0.717) is 12.5 Å². The molecule has 0 saturated carbocycles. The summed E-state index contributed by atoms with van der Waals surface area (Å²) in [5.74, 6) is 0. The zero-order chi connectivity index (χ0) is 16.4. The van der Waals surface area contributed by atoms with Gasteiger partial charge in [0.2, 0.25) is 0 Å². The third kappa shape index (κ3) is 3.92. The highest BCUT2D eigenvalue weighted by atomic mass is 35.5. The molecule has 0 unspecified atom stereocenters. The zero-order valence-electron chi connectivity index (χ0n) is 13.6. The first kappa shape index (κ1) is 17.1. The van der Waals surface area contributed by atoms with Crippen LogP contribution in [0.25, 0.3) is 11.1 Å². The molecule has 0 heterocycles. The van der Waals surface area contributed by atoms with Gasteiger partial charge in [-0.1, -0.05) is 48.0 Å². The molecule has 0 amide bonds. The van der Waals surface area contributed by atoms with Crippen LogP contribution < -0.4 is 5.46 Å². The summed E-state index contributed by atoms with van der Waals surface area (Å²) in [7, 11) is 0.391. The van der Waals surface area contributed by atoms with Crippen molar-refractivity contribution < 1.29 is 9.76 Å². The van der Waals surface area contributed by atoms with Crippen molar-refractivity contribution in [3.63, 3.8) is 0 Å². The summed E-state index contributed by atoms with van der Waals surface area (Å²) >= 11 is 6.14. The molecule has 0 aromatic heterocycles. The Balaban J connectivity index is 2.30. The average molecular weight is 317 g/mol. The molecule has 0 spiro atoms. The summed E-state index contributed by atoms with van der Waals surface area (Å²) in [4.78, 5) is 0. The minimum atomic E-state index is -0.932. The number of benzene rings is 2. The van der Waals surface area contributed by atoms with Crippen LogP contribution >= 0.6 is 11.6 Å². The molecule has 0 atom stereocenters. The second-order valence-corrected chi connectivity index (χ2v) is 6.96. The molecule has 116 valence electrons. The maximum Gasteiger partial charge on any atom is 0.310 e. The van der Waals surface area contributed by atoms with Crippen molar-refractivity contribution in [3.05, 3.63) is 53.6 Å². The molecule has 22 heavy (non-hydrogen) atoms. The lowest BCUT2D eigenvalue weighted by molar-refractivity contribution is -0.0893. The lowest BCUT2D eigenvalue weighted by Crippen LogP contribution is -2.49. The van der Waals surface area contributed by atoms with Gasteiger partial charge in [0.25, 0.3) is 0 Å². The molecule has 0 radical (unpaired) electrons. The van der Waals surface area contributed by atoms with Crippen molar-refractivity contribution in [2.75, 3.05) is 0 Å². The van der Waals surface area contributed by atoms with Crippen molar-refractivity contribution in [2.24, 2.45) is 0 Å². The summed E-state index contributed by atoms with van der Waals surface area (Å²) in [5, 5.41) is 10.9. The van der Waals surface area contributed by atoms with Crippen molar-refractivity contribution in [2.45, 2.75) is 38.9 Å². The van der Waals surface area contributed by atoms with Crippen molar-refractivity contribution in [1.29, 1.82) is 0 Å². The second-order valence-electron chi connectivity index (χ2n) is 6.53. The fraction of sp³-hybridized carbons (Fsp3) is 0.333. The Morgan fingerprint density at radius 3 is 2.23 bits per heavy atom. The highest BCUT2D eigenvalue weighted by Crippen LogP contribution is 2.25. The molecule has 2 aromatic rings. The van der Waals surface area contributed by atoms with Crippen molar-refractivity contribution >= 4 is 24.5 Å². The molecule has 0 aliphatic heterocycles. The lowest BCUT2D eigenvalue weighted by Gasteiger charge is -2.37. The summed E-state index contributed by atoms with van der Waals surface area (Å²) in [6, 6.07) is 16.0. The standard InChI is InChI=1S/C18H22BClO2/c1-17(2,21)18(3,4)22-19-16-12-14(20)10-11-15(16)13-8-6-5-7-9-13/h5-12,19,21H,1-4H3. The zero-order valence-corrected chi connectivity index (χ0v) is 14.3. The number of aliphatic hydroxyl groups is 1. The van der Waals surface area contributed by atoms with Gasteiger partial charge in [-0.2, -0.15) is 0 Å². The maximum atomic E-state index is 10.2. The van der Waals surface area contributed by atoms with E-state index in [1.807, 2.05) is 50.2 Å². The van der Waals surface area contributed by atoms with Gasteiger partial charge in [-0.25, -0.2) is 0 Å². The van der Waals surface area contributed by atoms with Gasteiger partial charge in [-0.15, -0.1) is 0 Å². The van der Waals surface area contributed by atoms with E-state index in [0.717, 1.165) is 16.6 Å². The van der Waals surface area contributed by atoms with Crippen LogP contribution in [0.5, 0.6) is 0 Å². The fourth-order valence-corrected chi connectivity index (χ4v) is 2.21. The number of hydrogen-bond donors (Lipinski definition) is 1. The van der Waals surface area contributed by atoms with E-state index in [1.54, 1.807) is 13.8 Å². The van der Waals surface area contributed by atoms with Crippen LogP contribution in [-0.4, -0.2) is 23.8 Å². The van der Waals surface area contributed by atoms with Gasteiger partial charge in [0.15, 0.2) is 0 Å². The minimum Gasteiger partial charge on any atom is -0.427 e. The highest BCUT2D eigenvalue weighted by Gasteiger charge is 2.35. The molecule has 1 N–H and O–H groups in total. The van der Waals surface area contributed by atoms with E-state index in [1.165, 1.54) is 0 Å². The Morgan fingerprint density at radius 1 is 1.00 bits per heavy atom. The van der Waals surface area contributed by atoms with Gasteiger partial charge in [0, 0.05) is 5.02 Å². The third-order valence-electron chi connectivity index (χ3n) is 4.21. The first-order valence-corrected chi connectivity index (χ1v) is 7.79. The first-order chi connectivity index (χ1) is 10.2. The molecular formula is C18H22BClO2. The van der Waals surface area contributed by atoms with Crippen LogP contribution in [0.3, 0.4) is 0 Å². The summed E-state index contributed by atoms with van der Waals surface area (Å²) in [6.07, 6.45) is 0. The normalized spacial score (nSPS) is 12.3. The predicted molar refractivity (Wildman–Crippen MR) is 95.1 cm³/mol. The number of hydrogen-bond acceptors (Lipinski definition) is 2. The quantitative estimate of drug-likeness (QED) is 0.855. The average Bonchev–Trinajstić information content (AvgIpc) is 2.45. The van der Waals surface area contributed by atoms with Gasteiger partial charge in [-0.05, 0) is 56.4 Å². The molecule has 2 rings (SSSR count). The molecular weight excluding hydrogens is 294 g/mol. The van der Waals surface area contributed by atoms with Crippen LogP contribution in [0.1, 0.15) is 27.7 Å². The summed E-state index contributed by atoms with van der Waals surface area (Å²) < 4.78 is 5.99. The molecule has 2 aromatic carbocycles. The van der Waals surface area contributed by atoms with Crippen LogP contribution in [0.15, 0.2) is 48.5 Å². The lowest BCUT2D eigenvalue weighted by atomic mass is 9.79. The van der Waals surface area contributed by atoms with Gasteiger partial charge in [0.05, 0.1) is 11.2 Å². The van der Waals surface area contributed by atoms with Crippen molar-refractivity contribution in [1.82, 2.24) is 0 Å². The second kappa shape index (κ2) is 6.45. The molecule has 0 aliphatic rings. The van der Waals surface area contributed by atoms with E-state index in [2.05, 4.69) is 12.1 Å². The van der Waals surface area contributed by atoms with Gasteiger partial charge in [0.1, 0.15) is 0 Å². The predicted octanol–water partition coefficient (Wildman–Crippen LogP) is 3.55. The van der Waals surface area contributed by atoms with E-state index in [4.69, 9.17) is 16.3 Å². The SMILES string of the molecule is CC(C)(O)C(C)(C)OBc1cc(Cl)ccc1-c1ccccc1. The third-order valence-corrected chi connectivity index (χ3v) is 4.45. The minimum absolute atomic E-state index is 0.391. The summed E-state index contributed by atoms with van der Waals surface area (Å²) in [6.45, 7) is 7.28. The van der Waals surface area contributed by atoms with Gasteiger partial charge in [-0.3, -0.25) is 0 Å². The Morgan fingerprint density at radius 2 is 1.64 bits per heavy atom. The summed E-state index contributed by atoms with van der Waals surface area (Å²) in [5.41, 5.74) is 1.63. The topological polar surface area (TPSA) is 29.5 Å². The molecule has 2 nitrogen and oxygen atoms in total. The number of rotatable bonds is 5. The van der Waals surface area contributed by atoms with E-state index in [-0.39, 0.29) is 0 Å². The van der Waals surface area contributed by atoms with Crippen molar-refractivity contribution in [3.8, 4) is 11.1 Å². The Labute approximate surface area is 138 Å². The Hall–Kier alpha value is -1.29. The van der Waals surface area contributed by atoms with Gasteiger partial charge >= 0.3 is 7.48 Å². The Bertz CT molecular complexity index is 633. The van der Waals surface area contributed by atoms with E-state index >= 15 is 0 Å². The Kier molecular flexibility index (Phi) is 5.01. The van der Waals surface area contributed by atoms with Crippen LogP contribution in [0.2, 0.25) is 5.02 Å². The van der Waals surface area contributed by atoms with E-state index in [9.17, 15) is 5.11 Å². The molecule has 0 aliphatic carbocycles. The van der Waals surface area contributed by atoms with Crippen LogP contribution in [0.4, 0.5) is 0 Å². The van der Waals surface area contributed by atoms with E-state index < -0.39 is 11.2 Å².